The van der Waals surface area contributed by atoms with Gasteiger partial charge in [0, 0.05) is 14.2 Å². The molecule has 0 aliphatic heterocycles. The molecule has 3 atom stereocenters. The number of methoxy groups -OCH3 is 2. The average Bonchev–Trinajstić information content (AvgIpc) is 2.17. The van der Waals surface area contributed by atoms with Crippen LogP contribution in [0.5, 0.6) is 0 Å². The Hall–Kier alpha value is -0.160. The highest BCUT2D eigenvalue weighted by Gasteiger charge is 2.39. The molecule has 0 spiro atoms. The third kappa shape index (κ3) is 3.20. The minimum atomic E-state index is -1.01. The van der Waals surface area contributed by atoms with Gasteiger partial charge in [-0.2, -0.15) is 0 Å². The molecular formula is C10H22O4. The summed E-state index contributed by atoms with van der Waals surface area (Å²) >= 11 is 0. The maximum Gasteiger partial charge on any atom is 0.162 e. The second-order valence-electron chi connectivity index (χ2n) is 3.94. The number of aliphatic hydroxyl groups is 2. The van der Waals surface area contributed by atoms with Gasteiger partial charge in [0.1, 0.15) is 0 Å². The summed E-state index contributed by atoms with van der Waals surface area (Å²) in [5, 5.41) is 19.4. The Morgan fingerprint density at radius 3 is 2.00 bits per heavy atom. The lowest BCUT2D eigenvalue weighted by atomic mass is 9.84. The van der Waals surface area contributed by atoms with Gasteiger partial charge in [-0.05, 0) is 20.3 Å². The molecule has 0 radical (unpaired) electrons. The van der Waals surface area contributed by atoms with Crippen LogP contribution in [0.3, 0.4) is 0 Å². The molecule has 0 amide bonds. The van der Waals surface area contributed by atoms with Crippen molar-refractivity contribution >= 4 is 0 Å². The maximum absolute atomic E-state index is 9.77. The van der Waals surface area contributed by atoms with Gasteiger partial charge < -0.3 is 19.7 Å². The molecule has 0 saturated carbocycles. The van der Waals surface area contributed by atoms with Crippen molar-refractivity contribution in [3.05, 3.63) is 0 Å². The fraction of sp³-hybridized carbons (Fsp3) is 1.00. The molecule has 0 aliphatic carbocycles. The zero-order chi connectivity index (χ0) is 11.4. The van der Waals surface area contributed by atoms with E-state index in [1.165, 1.54) is 7.11 Å². The molecule has 14 heavy (non-hydrogen) atoms. The van der Waals surface area contributed by atoms with Crippen LogP contribution in [0.4, 0.5) is 0 Å². The molecule has 4 nitrogen and oxygen atoms in total. The molecule has 4 heteroatoms. The fourth-order valence-corrected chi connectivity index (χ4v) is 1.53. The van der Waals surface area contributed by atoms with E-state index in [0.717, 1.165) is 0 Å². The highest BCUT2D eigenvalue weighted by atomic mass is 16.6. The van der Waals surface area contributed by atoms with E-state index in [4.69, 9.17) is 9.47 Å². The fourth-order valence-electron chi connectivity index (χ4n) is 1.53. The second-order valence-corrected chi connectivity index (χ2v) is 3.94. The van der Waals surface area contributed by atoms with Crippen molar-refractivity contribution < 1.29 is 19.7 Å². The van der Waals surface area contributed by atoms with E-state index < -0.39 is 23.9 Å². The Bertz CT molecular complexity index is 148. The zero-order valence-corrected chi connectivity index (χ0v) is 9.65. The van der Waals surface area contributed by atoms with Gasteiger partial charge in [0.15, 0.2) is 6.29 Å². The largest absolute Gasteiger partial charge is 0.393 e. The molecule has 3 unspecified atom stereocenters. The third-order valence-electron chi connectivity index (χ3n) is 2.71. The van der Waals surface area contributed by atoms with Gasteiger partial charge in [0.25, 0.3) is 0 Å². The Morgan fingerprint density at radius 1 is 1.21 bits per heavy atom. The summed E-state index contributed by atoms with van der Waals surface area (Å²) in [6.07, 6.45) is -1.10. The second kappa shape index (κ2) is 5.66. The van der Waals surface area contributed by atoms with Gasteiger partial charge in [0.05, 0.1) is 17.6 Å². The minimum Gasteiger partial charge on any atom is -0.393 e. The molecular weight excluding hydrogens is 184 g/mol. The van der Waals surface area contributed by atoms with Crippen LogP contribution >= 0.6 is 0 Å². The van der Waals surface area contributed by atoms with Crippen molar-refractivity contribution in [1.29, 1.82) is 0 Å². The monoisotopic (exact) mass is 206 g/mol. The van der Waals surface area contributed by atoms with E-state index >= 15 is 0 Å². The van der Waals surface area contributed by atoms with Crippen LogP contribution in [-0.2, 0) is 9.47 Å². The van der Waals surface area contributed by atoms with E-state index in [9.17, 15) is 10.2 Å². The number of ether oxygens (including phenoxy) is 2. The summed E-state index contributed by atoms with van der Waals surface area (Å²) in [5.74, 6) is -0.456. The van der Waals surface area contributed by atoms with Crippen LogP contribution in [0.25, 0.3) is 0 Å². The summed E-state index contributed by atoms with van der Waals surface area (Å²) in [6.45, 7) is 5.49. The molecule has 2 N–H and O–H groups in total. The zero-order valence-electron chi connectivity index (χ0n) is 9.65. The maximum atomic E-state index is 9.77. The van der Waals surface area contributed by atoms with Gasteiger partial charge in [-0.1, -0.05) is 6.92 Å². The molecule has 0 fully saturated rings. The standard InChI is InChI=1S/C10H22O4/c1-6-7(11)8(9(12)13-4)10(2,3)14-5/h7-9,11-12H,6H2,1-5H3. The first-order valence-electron chi connectivity index (χ1n) is 4.84. The van der Waals surface area contributed by atoms with Crippen molar-refractivity contribution in [2.45, 2.75) is 45.2 Å². The molecule has 0 aromatic rings. The number of rotatable bonds is 6. The molecule has 0 aromatic carbocycles. The summed E-state index contributed by atoms with van der Waals surface area (Å²) in [5.41, 5.74) is -0.620. The topological polar surface area (TPSA) is 58.9 Å². The number of hydrogen-bond donors (Lipinski definition) is 2. The molecule has 0 rings (SSSR count). The summed E-state index contributed by atoms with van der Waals surface area (Å²) in [6, 6.07) is 0. The minimum absolute atomic E-state index is 0.456. The lowest BCUT2D eigenvalue weighted by Gasteiger charge is -2.38. The molecule has 0 aromatic heterocycles. The van der Waals surface area contributed by atoms with Crippen LogP contribution in [0.2, 0.25) is 0 Å². The quantitative estimate of drug-likeness (QED) is 0.630. The Morgan fingerprint density at radius 2 is 1.71 bits per heavy atom. The molecule has 0 saturated heterocycles. The predicted molar refractivity (Wildman–Crippen MR) is 53.9 cm³/mol. The highest BCUT2D eigenvalue weighted by molar-refractivity contribution is 4.86. The van der Waals surface area contributed by atoms with Crippen molar-refractivity contribution in [3.8, 4) is 0 Å². The summed E-state index contributed by atoms with van der Waals surface area (Å²) in [4.78, 5) is 0. The first-order valence-corrected chi connectivity index (χ1v) is 4.84. The van der Waals surface area contributed by atoms with Gasteiger partial charge >= 0.3 is 0 Å². The van der Waals surface area contributed by atoms with Crippen molar-refractivity contribution in [2.75, 3.05) is 14.2 Å². The van der Waals surface area contributed by atoms with E-state index in [-0.39, 0.29) is 0 Å². The van der Waals surface area contributed by atoms with Crippen molar-refractivity contribution in [1.82, 2.24) is 0 Å². The van der Waals surface area contributed by atoms with Crippen LogP contribution in [0, 0.1) is 5.92 Å². The van der Waals surface area contributed by atoms with Crippen LogP contribution in [0.1, 0.15) is 27.2 Å². The summed E-state index contributed by atoms with van der Waals surface area (Å²) < 4.78 is 10.1. The van der Waals surface area contributed by atoms with E-state index in [1.54, 1.807) is 7.11 Å². The normalized spacial score (nSPS) is 19.1. The molecule has 0 bridgehead atoms. The first kappa shape index (κ1) is 13.8. The van der Waals surface area contributed by atoms with Gasteiger partial charge in [-0.25, -0.2) is 0 Å². The van der Waals surface area contributed by atoms with Gasteiger partial charge in [0.2, 0.25) is 0 Å². The molecule has 0 aliphatic rings. The van der Waals surface area contributed by atoms with Crippen LogP contribution in [0.15, 0.2) is 0 Å². The lowest BCUT2D eigenvalue weighted by molar-refractivity contribution is -0.201. The SMILES string of the molecule is CCC(O)C(C(O)OC)C(C)(C)OC. The van der Waals surface area contributed by atoms with Crippen LogP contribution in [-0.4, -0.2) is 42.4 Å². The molecule has 0 heterocycles. The highest BCUT2D eigenvalue weighted by Crippen LogP contribution is 2.28. The smallest absolute Gasteiger partial charge is 0.162 e. The Balaban J connectivity index is 4.71. The van der Waals surface area contributed by atoms with Crippen LogP contribution < -0.4 is 0 Å². The molecule has 86 valence electrons. The third-order valence-corrected chi connectivity index (χ3v) is 2.71. The van der Waals surface area contributed by atoms with E-state index in [2.05, 4.69) is 0 Å². The van der Waals surface area contributed by atoms with Gasteiger partial charge in [-0.3, -0.25) is 0 Å². The Labute approximate surface area is 85.8 Å². The van der Waals surface area contributed by atoms with Crippen molar-refractivity contribution in [2.24, 2.45) is 5.92 Å². The lowest BCUT2D eigenvalue weighted by Crippen LogP contribution is -2.48. The predicted octanol–water partition coefficient (Wildman–Crippen LogP) is 0.763. The number of hydrogen-bond acceptors (Lipinski definition) is 4. The first-order chi connectivity index (χ1) is 6.40. The van der Waals surface area contributed by atoms with E-state index in [0.29, 0.717) is 6.42 Å². The number of aliphatic hydroxyl groups excluding tert-OH is 2. The summed E-state index contributed by atoms with van der Waals surface area (Å²) in [7, 11) is 2.96. The van der Waals surface area contributed by atoms with Crippen molar-refractivity contribution in [3.63, 3.8) is 0 Å². The average molecular weight is 206 g/mol. The Kier molecular flexibility index (Phi) is 5.59. The van der Waals surface area contributed by atoms with Gasteiger partial charge in [-0.15, -0.1) is 0 Å². The van der Waals surface area contributed by atoms with E-state index in [1.807, 2.05) is 20.8 Å².